The molecule has 2 heteroatoms. The third kappa shape index (κ3) is 5.24. The molecule has 0 N–H and O–H groups in total. The van der Waals surface area contributed by atoms with E-state index in [0.29, 0.717) is 0 Å². The van der Waals surface area contributed by atoms with E-state index in [1.165, 1.54) is 36.5 Å². The molecule has 0 saturated carbocycles. The maximum atomic E-state index is 4.95. The monoisotopic (exact) mass is 308 g/mol. The first-order chi connectivity index (χ1) is 11.4. The van der Waals surface area contributed by atoms with Crippen LogP contribution in [0.4, 0.5) is 11.4 Å². The number of benzene rings is 2. The molecule has 2 rings (SSSR count). The lowest BCUT2D eigenvalue weighted by atomic mass is 10.1. The summed E-state index contributed by atoms with van der Waals surface area (Å²) >= 11 is 0. The fourth-order valence-electron chi connectivity index (χ4n) is 2.56. The zero-order valence-electron chi connectivity index (χ0n) is 14.4. The highest BCUT2D eigenvalue weighted by atomic mass is 15.2. The van der Waals surface area contributed by atoms with Crippen LogP contribution in [0.15, 0.2) is 65.7 Å². The average Bonchev–Trinajstić information content (AvgIpc) is 2.61. The van der Waals surface area contributed by atoms with Crippen LogP contribution in [0.5, 0.6) is 0 Å². The first kappa shape index (κ1) is 17.3. The molecule has 0 amide bonds. The molecule has 0 spiro atoms. The van der Waals surface area contributed by atoms with Gasteiger partial charge in [0.2, 0.25) is 0 Å². The van der Waals surface area contributed by atoms with Gasteiger partial charge in [-0.05, 0) is 37.1 Å². The largest absolute Gasteiger partial charge is 0.299 e. The Morgan fingerprint density at radius 3 is 1.78 bits per heavy atom. The van der Waals surface area contributed by atoms with Gasteiger partial charge in [-0.3, -0.25) is 9.89 Å². The molecule has 0 bridgehead atoms. The second kappa shape index (κ2) is 9.83. The molecular formula is C21H28N2. The summed E-state index contributed by atoms with van der Waals surface area (Å²) in [7, 11) is 0. The molecule has 0 aromatic heterocycles. The standard InChI is InChI=1S/C21H28N2/c1-3-5-17-21(22-18-6-4-2)23(19-13-9-7-10-14-19)20-15-11-8-12-16-20/h7-16H,3-6,17-18H2,1-2H3. The van der Waals surface area contributed by atoms with Gasteiger partial charge in [0.05, 0.1) is 0 Å². The van der Waals surface area contributed by atoms with E-state index in [2.05, 4.69) is 79.4 Å². The molecule has 0 heterocycles. The number of hydrogen-bond acceptors (Lipinski definition) is 1. The smallest absolute Gasteiger partial charge is 0.108 e. The highest BCUT2D eigenvalue weighted by Gasteiger charge is 2.15. The van der Waals surface area contributed by atoms with Crippen LogP contribution >= 0.6 is 0 Å². The SMILES string of the molecule is CCCCN=C(CCCC)N(c1ccccc1)c1ccccc1. The molecule has 23 heavy (non-hydrogen) atoms. The van der Waals surface area contributed by atoms with Crippen LogP contribution in [0.25, 0.3) is 0 Å². The second-order valence-electron chi connectivity index (χ2n) is 5.76. The van der Waals surface area contributed by atoms with Crippen LogP contribution in [-0.4, -0.2) is 12.4 Å². The minimum Gasteiger partial charge on any atom is -0.299 e. The Morgan fingerprint density at radius 2 is 1.30 bits per heavy atom. The summed E-state index contributed by atoms with van der Waals surface area (Å²) in [6, 6.07) is 21.1. The first-order valence-electron chi connectivity index (χ1n) is 8.80. The van der Waals surface area contributed by atoms with Crippen LogP contribution in [0.1, 0.15) is 46.0 Å². The van der Waals surface area contributed by atoms with E-state index in [0.717, 1.165) is 19.4 Å². The molecule has 0 aliphatic carbocycles. The lowest BCUT2D eigenvalue weighted by Crippen LogP contribution is -2.26. The van der Waals surface area contributed by atoms with E-state index < -0.39 is 0 Å². The van der Waals surface area contributed by atoms with Gasteiger partial charge >= 0.3 is 0 Å². The molecule has 0 saturated heterocycles. The molecule has 0 radical (unpaired) electrons. The van der Waals surface area contributed by atoms with Crippen LogP contribution in [0.2, 0.25) is 0 Å². The molecule has 0 fully saturated rings. The molecule has 2 aromatic carbocycles. The number of anilines is 2. The van der Waals surface area contributed by atoms with Crippen molar-refractivity contribution in [2.75, 3.05) is 11.4 Å². The summed E-state index contributed by atoms with van der Waals surface area (Å²) in [6.07, 6.45) is 5.70. The summed E-state index contributed by atoms with van der Waals surface area (Å²) in [5, 5.41) is 0. The third-order valence-corrected chi connectivity index (χ3v) is 3.85. The minimum atomic E-state index is 0.908. The fraction of sp³-hybridized carbons (Fsp3) is 0.381. The van der Waals surface area contributed by atoms with Crippen LogP contribution in [-0.2, 0) is 0 Å². The van der Waals surface area contributed by atoms with Crippen molar-refractivity contribution in [3.8, 4) is 0 Å². The maximum absolute atomic E-state index is 4.95. The summed E-state index contributed by atoms with van der Waals surface area (Å²) in [6.45, 7) is 5.36. The van der Waals surface area contributed by atoms with Crippen molar-refractivity contribution in [2.24, 2.45) is 4.99 Å². The molecular weight excluding hydrogens is 280 g/mol. The Morgan fingerprint density at radius 1 is 0.783 bits per heavy atom. The van der Waals surface area contributed by atoms with Crippen LogP contribution < -0.4 is 4.90 Å². The van der Waals surface area contributed by atoms with Crippen molar-refractivity contribution < 1.29 is 0 Å². The van der Waals surface area contributed by atoms with Crippen LogP contribution in [0, 0.1) is 0 Å². The van der Waals surface area contributed by atoms with E-state index in [9.17, 15) is 0 Å². The van der Waals surface area contributed by atoms with Gasteiger partial charge in [0, 0.05) is 24.3 Å². The molecule has 2 nitrogen and oxygen atoms in total. The number of rotatable bonds is 8. The lowest BCUT2D eigenvalue weighted by Gasteiger charge is -2.27. The topological polar surface area (TPSA) is 15.6 Å². The number of nitrogens with zero attached hydrogens (tertiary/aromatic N) is 2. The van der Waals surface area contributed by atoms with Crippen molar-refractivity contribution in [3.63, 3.8) is 0 Å². The molecule has 0 aliphatic heterocycles. The normalized spacial score (nSPS) is 11.5. The van der Waals surface area contributed by atoms with E-state index in [1.807, 2.05) is 0 Å². The van der Waals surface area contributed by atoms with E-state index in [-0.39, 0.29) is 0 Å². The Balaban J connectivity index is 2.38. The number of unbranched alkanes of at least 4 members (excludes halogenated alkanes) is 2. The zero-order chi connectivity index (χ0) is 16.3. The minimum absolute atomic E-state index is 0.908. The van der Waals surface area contributed by atoms with Gasteiger partial charge in [-0.1, -0.05) is 63.1 Å². The molecule has 0 unspecified atom stereocenters. The van der Waals surface area contributed by atoms with Crippen molar-refractivity contribution in [3.05, 3.63) is 60.7 Å². The van der Waals surface area contributed by atoms with Gasteiger partial charge in [0.1, 0.15) is 5.84 Å². The third-order valence-electron chi connectivity index (χ3n) is 3.85. The van der Waals surface area contributed by atoms with Gasteiger partial charge < -0.3 is 0 Å². The van der Waals surface area contributed by atoms with Gasteiger partial charge in [-0.25, -0.2) is 0 Å². The average molecular weight is 308 g/mol. The zero-order valence-corrected chi connectivity index (χ0v) is 14.4. The number of amidine groups is 1. The highest BCUT2D eigenvalue weighted by Crippen LogP contribution is 2.27. The number of hydrogen-bond donors (Lipinski definition) is 0. The van der Waals surface area contributed by atoms with Gasteiger partial charge in [0.25, 0.3) is 0 Å². The summed E-state index contributed by atoms with van der Waals surface area (Å²) in [5.41, 5.74) is 2.37. The van der Waals surface area contributed by atoms with Gasteiger partial charge in [-0.15, -0.1) is 0 Å². The van der Waals surface area contributed by atoms with E-state index >= 15 is 0 Å². The first-order valence-corrected chi connectivity index (χ1v) is 8.80. The quantitative estimate of drug-likeness (QED) is 0.321. The Hall–Kier alpha value is -2.09. The van der Waals surface area contributed by atoms with Crippen molar-refractivity contribution in [1.29, 1.82) is 0 Å². The fourth-order valence-corrected chi connectivity index (χ4v) is 2.56. The van der Waals surface area contributed by atoms with Crippen molar-refractivity contribution in [1.82, 2.24) is 0 Å². The predicted molar refractivity (Wildman–Crippen MR) is 102 cm³/mol. The summed E-state index contributed by atoms with van der Waals surface area (Å²) in [4.78, 5) is 7.26. The lowest BCUT2D eigenvalue weighted by molar-refractivity contribution is 0.788. The molecule has 0 atom stereocenters. The number of aliphatic imine (C=N–C) groups is 1. The molecule has 2 aromatic rings. The summed E-state index contributed by atoms with van der Waals surface area (Å²) < 4.78 is 0. The van der Waals surface area contributed by atoms with E-state index in [4.69, 9.17) is 4.99 Å². The Bertz CT molecular complexity index is 536. The molecule has 0 aliphatic rings. The molecule has 122 valence electrons. The van der Waals surface area contributed by atoms with Crippen molar-refractivity contribution >= 4 is 17.2 Å². The highest BCUT2D eigenvalue weighted by molar-refractivity contribution is 6.04. The summed E-state index contributed by atoms with van der Waals surface area (Å²) in [5.74, 6) is 1.18. The Kier molecular flexibility index (Phi) is 7.38. The maximum Gasteiger partial charge on any atom is 0.108 e. The van der Waals surface area contributed by atoms with Gasteiger partial charge in [0.15, 0.2) is 0 Å². The van der Waals surface area contributed by atoms with Gasteiger partial charge in [-0.2, -0.15) is 0 Å². The van der Waals surface area contributed by atoms with E-state index in [1.54, 1.807) is 0 Å². The Labute approximate surface area is 140 Å². The predicted octanol–water partition coefficient (Wildman–Crippen LogP) is 6.21. The van der Waals surface area contributed by atoms with Crippen LogP contribution in [0.3, 0.4) is 0 Å². The van der Waals surface area contributed by atoms with Crippen molar-refractivity contribution in [2.45, 2.75) is 46.0 Å². The second-order valence-corrected chi connectivity index (χ2v) is 5.76. The number of para-hydroxylation sites is 2.